The van der Waals surface area contributed by atoms with Crippen LogP contribution >= 0.6 is 23.8 Å². The molecule has 3 nitrogen and oxygen atoms in total. The van der Waals surface area contributed by atoms with Crippen molar-refractivity contribution in [2.75, 3.05) is 18.5 Å². The molecule has 2 rings (SSSR count). The topological polar surface area (TPSA) is 47.3 Å². The van der Waals surface area contributed by atoms with Gasteiger partial charge in [-0.25, -0.2) is 0 Å². The first-order chi connectivity index (χ1) is 10.2. The minimum atomic E-state index is 0.334. The molecule has 110 valence electrons. The van der Waals surface area contributed by atoms with Gasteiger partial charge in [0.25, 0.3) is 0 Å². The average Bonchev–Trinajstić information content (AvgIpc) is 2.49. The first-order valence-corrected chi connectivity index (χ1v) is 7.46. The molecule has 0 bridgehead atoms. The van der Waals surface area contributed by atoms with Crippen molar-refractivity contribution in [1.82, 2.24) is 0 Å². The third-order valence-corrected chi connectivity index (χ3v) is 3.35. The predicted molar refractivity (Wildman–Crippen MR) is 92.4 cm³/mol. The Hall–Kier alpha value is -1.78. The fourth-order valence-electron chi connectivity index (χ4n) is 1.88. The number of anilines is 1. The van der Waals surface area contributed by atoms with Crippen LogP contribution in [0.25, 0.3) is 0 Å². The van der Waals surface area contributed by atoms with Crippen molar-refractivity contribution in [3.63, 3.8) is 0 Å². The lowest BCUT2D eigenvalue weighted by molar-refractivity contribution is 0.315. The van der Waals surface area contributed by atoms with E-state index >= 15 is 0 Å². The van der Waals surface area contributed by atoms with Gasteiger partial charge in [-0.3, -0.25) is 0 Å². The zero-order chi connectivity index (χ0) is 15.1. The molecule has 21 heavy (non-hydrogen) atoms. The molecule has 5 heteroatoms. The van der Waals surface area contributed by atoms with E-state index in [0.29, 0.717) is 16.6 Å². The van der Waals surface area contributed by atoms with E-state index in [1.165, 1.54) is 0 Å². The zero-order valence-electron chi connectivity index (χ0n) is 11.5. The summed E-state index contributed by atoms with van der Waals surface area (Å²) in [5, 5.41) is 3.92. The van der Waals surface area contributed by atoms with Crippen molar-refractivity contribution in [1.29, 1.82) is 0 Å². The highest BCUT2D eigenvalue weighted by molar-refractivity contribution is 7.80. The van der Waals surface area contributed by atoms with Crippen LogP contribution in [0.1, 0.15) is 12.0 Å². The Morgan fingerprint density at radius 3 is 2.67 bits per heavy atom. The van der Waals surface area contributed by atoms with Gasteiger partial charge in [0.1, 0.15) is 10.7 Å². The van der Waals surface area contributed by atoms with Crippen LogP contribution in [-0.4, -0.2) is 18.1 Å². The average molecular weight is 321 g/mol. The summed E-state index contributed by atoms with van der Waals surface area (Å²) in [6, 6.07) is 15.2. The van der Waals surface area contributed by atoms with Crippen molar-refractivity contribution >= 4 is 34.5 Å². The third kappa shape index (κ3) is 4.92. The van der Waals surface area contributed by atoms with Gasteiger partial charge < -0.3 is 15.8 Å². The highest BCUT2D eigenvalue weighted by Gasteiger charge is 2.05. The highest BCUT2D eigenvalue weighted by Crippen LogP contribution is 2.20. The summed E-state index contributed by atoms with van der Waals surface area (Å²) in [6.45, 7) is 1.41. The fourth-order valence-corrected chi connectivity index (χ4v) is 2.22. The Morgan fingerprint density at radius 2 is 1.95 bits per heavy atom. The molecule has 0 amide bonds. The number of hydrogen-bond acceptors (Lipinski definition) is 3. The quantitative estimate of drug-likeness (QED) is 0.601. The molecule has 3 N–H and O–H groups in total. The van der Waals surface area contributed by atoms with Gasteiger partial charge >= 0.3 is 0 Å². The summed E-state index contributed by atoms with van der Waals surface area (Å²) < 4.78 is 5.63. The van der Waals surface area contributed by atoms with Crippen LogP contribution in [-0.2, 0) is 0 Å². The number of halogens is 1. The van der Waals surface area contributed by atoms with Crippen LogP contribution in [0.4, 0.5) is 5.69 Å². The second-order valence-corrected chi connectivity index (χ2v) is 5.37. The second kappa shape index (κ2) is 7.86. The van der Waals surface area contributed by atoms with Crippen LogP contribution in [0.15, 0.2) is 48.5 Å². The maximum atomic E-state index is 5.95. The van der Waals surface area contributed by atoms with Gasteiger partial charge in [-0.15, -0.1) is 0 Å². The molecule has 0 saturated heterocycles. The van der Waals surface area contributed by atoms with Gasteiger partial charge in [0.15, 0.2) is 0 Å². The van der Waals surface area contributed by atoms with E-state index in [1.54, 1.807) is 6.07 Å². The summed E-state index contributed by atoms with van der Waals surface area (Å²) >= 11 is 11.0. The van der Waals surface area contributed by atoms with Crippen molar-refractivity contribution in [2.45, 2.75) is 6.42 Å². The summed E-state index contributed by atoms with van der Waals surface area (Å²) in [4.78, 5) is 0.334. The van der Waals surface area contributed by atoms with Crippen LogP contribution in [0.3, 0.4) is 0 Å². The van der Waals surface area contributed by atoms with E-state index in [1.807, 2.05) is 42.5 Å². The molecular formula is C16H17ClN2OS. The number of para-hydroxylation sites is 1. The maximum absolute atomic E-state index is 5.95. The monoisotopic (exact) mass is 320 g/mol. The van der Waals surface area contributed by atoms with Gasteiger partial charge in [-0.05, 0) is 36.8 Å². The van der Waals surface area contributed by atoms with Crippen LogP contribution in [0.2, 0.25) is 5.02 Å². The first-order valence-electron chi connectivity index (χ1n) is 6.68. The van der Waals surface area contributed by atoms with E-state index in [0.717, 1.165) is 30.0 Å². The van der Waals surface area contributed by atoms with E-state index in [9.17, 15) is 0 Å². The lowest BCUT2D eigenvalue weighted by atomic mass is 10.1. The molecule has 0 heterocycles. The second-order valence-electron chi connectivity index (χ2n) is 4.50. The summed E-state index contributed by atoms with van der Waals surface area (Å²) in [7, 11) is 0. The molecule has 0 saturated carbocycles. The molecule has 0 aromatic heterocycles. The molecule has 2 aromatic carbocycles. The number of benzene rings is 2. The molecule has 0 aliphatic rings. The van der Waals surface area contributed by atoms with E-state index in [2.05, 4.69) is 5.32 Å². The molecule has 0 spiro atoms. The number of nitrogens with two attached hydrogens (primary N) is 1. The van der Waals surface area contributed by atoms with Crippen molar-refractivity contribution in [3.8, 4) is 5.75 Å². The summed E-state index contributed by atoms with van der Waals surface area (Å²) in [6.07, 6.45) is 0.869. The number of rotatable bonds is 7. The predicted octanol–water partition coefficient (Wildman–Crippen LogP) is 3.86. The first kappa shape index (κ1) is 15.6. The number of thiocarbonyl (C=S) groups is 1. The smallest absolute Gasteiger partial charge is 0.119 e. The molecule has 0 atom stereocenters. The number of ether oxygens (including phenoxy) is 1. The van der Waals surface area contributed by atoms with E-state index in [4.69, 9.17) is 34.3 Å². The molecule has 0 unspecified atom stereocenters. The summed E-state index contributed by atoms with van der Waals surface area (Å²) in [5.41, 5.74) is 7.36. The Balaban J connectivity index is 1.80. The van der Waals surface area contributed by atoms with Gasteiger partial charge in [0.05, 0.1) is 6.61 Å². The van der Waals surface area contributed by atoms with Gasteiger partial charge in [-0.1, -0.05) is 42.0 Å². The van der Waals surface area contributed by atoms with Crippen LogP contribution < -0.4 is 15.8 Å². The molecule has 2 aromatic rings. The van der Waals surface area contributed by atoms with Crippen LogP contribution in [0, 0.1) is 0 Å². The Labute approximate surface area is 135 Å². The van der Waals surface area contributed by atoms with E-state index < -0.39 is 0 Å². The molecule has 0 radical (unpaired) electrons. The number of hydrogen-bond donors (Lipinski definition) is 2. The molecule has 0 fully saturated rings. The minimum absolute atomic E-state index is 0.334. The van der Waals surface area contributed by atoms with Gasteiger partial charge in [0, 0.05) is 22.8 Å². The van der Waals surface area contributed by atoms with Gasteiger partial charge in [0.2, 0.25) is 0 Å². The SMILES string of the molecule is NC(=S)c1cc(Cl)ccc1NCCCOc1ccccc1. The Morgan fingerprint density at radius 1 is 1.19 bits per heavy atom. The van der Waals surface area contributed by atoms with Crippen molar-refractivity contribution in [2.24, 2.45) is 5.73 Å². The number of nitrogens with one attached hydrogen (secondary N) is 1. The third-order valence-electron chi connectivity index (χ3n) is 2.90. The zero-order valence-corrected chi connectivity index (χ0v) is 13.1. The lowest BCUT2D eigenvalue weighted by Gasteiger charge is -2.12. The van der Waals surface area contributed by atoms with Crippen LogP contribution in [0.5, 0.6) is 5.75 Å². The largest absolute Gasteiger partial charge is 0.494 e. The Kier molecular flexibility index (Phi) is 5.84. The van der Waals surface area contributed by atoms with E-state index in [-0.39, 0.29) is 0 Å². The van der Waals surface area contributed by atoms with Gasteiger partial charge in [-0.2, -0.15) is 0 Å². The Bertz CT molecular complexity index is 604. The standard InChI is InChI=1S/C16H17ClN2OS/c17-12-7-8-15(14(11-12)16(18)21)19-9-4-10-20-13-5-2-1-3-6-13/h1-3,5-8,11,19H,4,9-10H2,(H2,18,21). The van der Waals surface area contributed by atoms with Crippen molar-refractivity contribution in [3.05, 3.63) is 59.1 Å². The minimum Gasteiger partial charge on any atom is -0.494 e. The lowest BCUT2D eigenvalue weighted by Crippen LogP contribution is -2.14. The maximum Gasteiger partial charge on any atom is 0.119 e. The molecular weight excluding hydrogens is 304 g/mol. The molecule has 0 aliphatic heterocycles. The summed E-state index contributed by atoms with van der Waals surface area (Å²) in [5.74, 6) is 0.882. The molecule has 0 aliphatic carbocycles. The fraction of sp³-hybridized carbons (Fsp3) is 0.188. The van der Waals surface area contributed by atoms with Crippen molar-refractivity contribution < 1.29 is 4.74 Å². The normalized spacial score (nSPS) is 10.1. The highest BCUT2D eigenvalue weighted by atomic mass is 35.5.